The summed E-state index contributed by atoms with van der Waals surface area (Å²) in [4.78, 5) is 32.8. The zero-order chi connectivity index (χ0) is 28.8. The van der Waals surface area contributed by atoms with E-state index in [4.69, 9.17) is 30.8 Å². The smallest absolute Gasteiger partial charge is 0.410 e. The van der Waals surface area contributed by atoms with Crippen LogP contribution in [-0.2, 0) is 4.74 Å². The van der Waals surface area contributed by atoms with Crippen LogP contribution in [-0.4, -0.2) is 98.6 Å². The van der Waals surface area contributed by atoms with Gasteiger partial charge in [0, 0.05) is 19.5 Å². The standard InChI is InChI=1S/C28H35ClF2N6O4/c1-14-21-17-7-6-16(37(17)26(38)41-27(2,3)4)12-36(21)23-18-20(19(31)22(29)33-24(18)40-14)32-25(34-23)39-13-28-8-5-9-35(28)11-15(30)10-28/h14-17,21H,5-13H2,1-4H3/t14-,15+,16+,17-,21?,28-/m0/s1. The maximum Gasteiger partial charge on any atom is 0.410 e. The van der Waals surface area contributed by atoms with Crippen LogP contribution in [0.15, 0.2) is 0 Å². The van der Waals surface area contributed by atoms with Crippen molar-refractivity contribution in [3.8, 4) is 11.9 Å². The molecule has 0 aliphatic carbocycles. The summed E-state index contributed by atoms with van der Waals surface area (Å²) in [6.45, 7) is 9.34. The summed E-state index contributed by atoms with van der Waals surface area (Å²) in [6.07, 6.45) is 2.05. The third kappa shape index (κ3) is 4.35. The zero-order valence-electron chi connectivity index (χ0n) is 23.7. The second kappa shape index (κ2) is 9.39. The van der Waals surface area contributed by atoms with Gasteiger partial charge in [-0.05, 0) is 59.9 Å². The van der Waals surface area contributed by atoms with Crippen LogP contribution in [0.25, 0.3) is 10.9 Å². The molecule has 2 aromatic heterocycles. The van der Waals surface area contributed by atoms with E-state index in [0.717, 1.165) is 32.2 Å². The topological polar surface area (TPSA) is 93.2 Å². The summed E-state index contributed by atoms with van der Waals surface area (Å²) in [5, 5.41) is -0.0345. The normalized spacial score (nSPS) is 32.5. The molecule has 0 spiro atoms. The molecule has 4 fully saturated rings. The lowest BCUT2D eigenvalue weighted by Gasteiger charge is -2.48. The minimum Gasteiger partial charge on any atom is -0.472 e. The van der Waals surface area contributed by atoms with Crippen molar-refractivity contribution >= 4 is 34.4 Å². The highest BCUT2D eigenvalue weighted by molar-refractivity contribution is 6.30. The van der Waals surface area contributed by atoms with Gasteiger partial charge in [-0.2, -0.15) is 15.0 Å². The third-order valence-corrected chi connectivity index (χ3v) is 9.52. The molecule has 7 heterocycles. The number of amides is 1. The maximum atomic E-state index is 15.5. The monoisotopic (exact) mass is 592 g/mol. The fraction of sp³-hybridized carbons (Fsp3) is 0.714. The Balaban J connectivity index is 1.28. The van der Waals surface area contributed by atoms with Gasteiger partial charge in [0.15, 0.2) is 11.0 Å². The van der Waals surface area contributed by atoms with Gasteiger partial charge in [-0.25, -0.2) is 13.6 Å². The molecule has 222 valence electrons. The van der Waals surface area contributed by atoms with E-state index in [2.05, 4.69) is 19.8 Å². The highest BCUT2D eigenvalue weighted by atomic mass is 35.5. The molecule has 7 rings (SSSR count). The number of carbonyl (C=O) groups is 1. The Labute approximate surface area is 242 Å². The second-order valence-electron chi connectivity index (χ2n) is 13.1. The molecular formula is C28H35ClF2N6O4. The van der Waals surface area contributed by atoms with Crippen molar-refractivity contribution in [3.63, 3.8) is 0 Å². The summed E-state index contributed by atoms with van der Waals surface area (Å²) in [5.74, 6) is -0.200. The number of piperazine rings is 1. The van der Waals surface area contributed by atoms with Crippen molar-refractivity contribution in [1.29, 1.82) is 0 Å². The minimum atomic E-state index is -0.901. The first-order chi connectivity index (χ1) is 19.4. The van der Waals surface area contributed by atoms with Crippen molar-refractivity contribution in [2.45, 2.75) is 101 Å². The molecule has 0 aromatic carbocycles. The Morgan fingerprint density at radius 2 is 2.02 bits per heavy atom. The van der Waals surface area contributed by atoms with E-state index in [1.54, 1.807) is 0 Å². The number of anilines is 1. The van der Waals surface area contributed by atoms with Crippen LogP contribution in [0, 0.1) is 5.82 Å². The van der Waals surface area contributed by atoms with E-state index in [0.29, 0.717) is 30.7 Å². The van der Waals surface area contributed by atoms with Crippen LogP contribution in [0.1, 0.15) is 59.8 Å². The lowest BCUT2D eigenvalue weighted by atomic mass is 9.95. The largest absolute Gasteiger partial charge is 0.472 e. The number of hydrogen-bond acceptors (Lipinski definition) is 9. The summed E-state index contributed by atoms with van der Waals surface area (Å²) >= 11 is 6.21. The van der Waals surface area contributed by atoms with Gasteiger partial charge in [0.05, 0.1) is 23.7 Å². The molecule has 0 N–H and O–H groups in total. The van der Waals surface area contributed by atoms with Crippen LogP contribution in [0.4, 0.5) is 19.4 Å². The summed E-state index contributed by atoms with van der Waals surface area (Å²) in [5.41, 5.74) is -1.08. The van der Waals surface area contributed by atoms with Gasteiger partial charge in [-0.1, -0.05) is 11.6 Å². The zero-order valence-corrected chi connectivity index (χ0v) is 24.5. The number of aromatic nitrogens is 3. The molecule has 2 bridgehead atoms. The van der Waals surface area contributed by atoms with Crippen molar-refractivity contribution in [2.75, 3.05) is 31.1 Å². The number of alkyl halides is 1. The first-order valence-corrected chi connectivity index (χ1v) is 14.9. The Bertz CT molecular complexity index is 1410. The highest BCUT2D eigenvalue weighted by Crippen LogP contribution is 2.46. The quantitative estimate of drug-likeness (QED) is 0.477. The number of fused-ring (bicyclic) bond motifs is 6. The molecule has 41 heavy (non-hydrogen) atoms. The Morgan fingerprint density at radius 1 is 1.22 bits per heavy atom. The first kappa shape index (κ1) is 27.1. The van der Waals surface area contributed by atoms with Gasteiger partial charge in [-0.3, -0.25) is 9.80 Å². The number of ether oxygens (including phenoxy) is 3. The van der Waals surface area contributed by atoms with Gasteiger partial charge in [0.25, 0.3) is 0 Å². The number of carbonyl (C=O) groups excluding carboxylic acids is 1. The van der Waals surface area contributed by atoms with E-state index in [9.17, 15) is 9.18 Å². The Hall–Kier alpha value is -2.73. The van der Waals surface area contributed by atoms with Crippen LogP contribution >= 0.6 is 11.6 Å². The molecule has 13 heteroatoms. The predicted molar refractivity (Wildman–Crippen MR) is 147 cm³/mol. The van der Waals surface area contributed by atoms with Crippen LogP contribution in [0.2, 0.25) is 5.15 Å². The van der Waals surface area contributed by atoms with Gasteiger partial charge >= 0.3 is 12.1 Å². The number of nitrogens with zero attached hydrogens (tertiary/aromatic N) is 6. The number of halogens is 3. The van der Waals surface area contributed by atoms with Gasteiger partial charge in [0.1, 0.15) is 41.2 Å². The third-order valence-electron chi connectivity index (χ3n) is 9.27. The highest BCUT2D eigenvalue weighted by Gasteiger charge is 2.54. The van der Waals surface area contributed by atoms with E-state index < -0.39 is 29.2 Å². The minimum absolute atomic E-state index is 0.00151. The molecule has 5 aliphatic rings. The SMILES string of the molecule is C[C@@H]1Oc2nc(Cl)c(F)c3nc(OC[C@@]45CCCN4C[C@H](F)C5)nc(c23)N2C[C@H]3CC[C@@H](C12)N3C(=O)OC(C)(C)C. The lowest BCUT2D eigenvalue weighted by molar-refractivity contribution is 0.000935. The van der Waals surface area contributed by atoms with E-state index in [1.165, 1.54) is 0 Å². The van der Waals surface area contributed by atoms with Crippen molar-refractivity contribution in [3.05, 3.63) is 11.0 Å². The Kier molecular flexibility index (Phi) is 6.21. The summed E-state index contributed by atoms with van der Waals surface area (Å²) in [7, 11) is 0. The molecule has 10 nitrogen and oxygen atoms in total. The molecular weight excluding hydrogens is 558 g/mol. The van der Waals surface area contributed by atoms with Crippen molar-refractivity contribution in [2.24, 2.45) is 0 Å². The van der Waals surface area contributed by atoms with E-state index in [-0.39, 0.29) is 53.4 Å². The summed E-state index contributed by atoms with van der Waals surface area (Å²) < 4.78 is 48.1. The fourth-order valence-corrected chi connectivity index (χ4v) is 7.87. The molecule has 1 unspecified atom stereocenters. The average molecular weight is 593 g/mol. The molecule has 6 atom stereocenters. The lowest BCUT2D eigenvalue weighted by Crippen LogP contribution is -2.65. The predicted octanol–water partition coefficient (Wildman–Crippen LogP) is 4.51. The van der Waals surface area contributed by atoms with Crippen molar-refractivity contribution in [1.82, 2.24) is 24.8 Å². The fourth-order valence-electron chi connectivity index (χ4n) is 7.70. The van der Waals surface area contributed by atoms with E-state index in [1.807, 2.05) is 32.6 Å². The first-order valence-electron chi connectivity index (χ1n) is 14.5. The van der Waals surface area contributed by atoms with Crippen LogP contribution < -0.4 is 14.4 Å². The van der Waals surface area contributed by atoms with E-state index >= 15 is 4.39 Å². The summed E-state index contributed by atoms with van der Waals surface area (Å²) in [6, 6.07) is -0.647. The molecule has 4 saturated heterocycles. The molecule has 1 amide bonds. The molecule has 2 aromatic rings. The second-order valence-corrected chi connectivity index (χ2v) is 13.4. The number of hydrogen-bond donors (Lipinski definition) is 0. The maximum absolute atomic E-state index is 15.5. The van der Waals surface area contributed by atoms with Gasteiger partial charge < -0.3 is 19.1 Å². The molecule has 0 radical (unpaired) electrons. The van der Waals surface area contributed by atoms with Crippen molar-refractivity contribution < 1.29 is 27.8 Å². The van der Waals surface area contributed by atoms with Crippen LogP contribution in [0.3, 0.4) is 0 Å². The number of rotatable bonds is 3. The molecule has 0 saturated carbocycles. The number of pyridine rings is 1. The van der Waals surface area contributed by atoms with Gasteiger partial charge in [0.2, 0.25) is 5.88 Å². The Morgan fingerprint density at radius 3 is 2.80 bits per heavy atom. The average Bonchev–Trinajstić information content (AvgIpc) is 3.49. The van der Waals surface area contributed by atoms with Crippen LogP contribution in [0.5, 0.6) is 11.9 Å². The van der Waals surface area contributed by atoms with Gasteiger partial charge in [-0.15, -0.1) is 0 Å². The molecule has 5 aliphatic heterocycles.